The number of methoxy groups -OCH3 is 1. The highest BCUT2D eigenvalue weighted by molar-refractivity contribution is 7.10. The van der Waals surface area contributed by atoms with Gasteiger partial charge in [-0.05, 0) is 17.5 Å². The average Bonchev–Trinajstić information content (AvgIpc) is 2.78. The summed E-state index contributed by atoms with van der Waals surface area (Å²) in [6.07, 6.45) is 1.51. The quantitative estimate of drug-likeness (QED) is 0.339. The Morgan fingerprint density at radius 3 is 3.00 bits per heavy atom. The van der Waals surface area contributed by atoms with E-state index in [0.717, 1.165) is 4.88 Å². The third-order valence-electron chi connectivity index (χ3n) is 1.69. The molecule has 4 nitrogen and oxygen atoms in total. The van der Waals surface area contributed by atoms with Crippen LogP contribution < -0.4 is 0 Å². The van der Waals surface area contributed by atoms with E-state index < -0.39 is 5.97 Å². The predicted molar refractivity (Wildman–Crippen MR) is 60.7 cm³/mol. The molecular formula is C11H11NO3S. The molecule has 5 heteroatoms. The molecular weight excluding hydrogens is 226 g/mol. The van der Waals surface area contributed by atoms with Crippen molar-refractivity contribution >= 4 is 23.4 Å². The summed E-state index contributed by atoms with van der Waals surface area (Å²) in [7, 11) is 1.51. The Kier molecular flexibility index (Phi) is 5.26. The van der Waals surface area contributed by atoms with Gasteiger partial charge < -0.3 is 9.47 Å². The van der Waals surface area contributed by atoms with E-state index in [1.54, 1.807) is 0 Å². The van der Waals surface area contributed by atoms with Crippen LogP contribution >= 0.6 is 11.3 Å². The Morgan fingerprint density at radius 2 is 2.44 bits per heavy atom. The monoisotopic (exact) mass is 237 g/mol. The number of carbonyl (C=O) groups excluding carboxylic acids is 1. The fourth-order valence-electron chi connectivity index (χ4n) is 0.948. The van der Waals surface area contributed by atoms with Crippen molar-refractivity contribution < 1.29 is 14.3 Å². The zero-order valence-corrected chi connectivity index (χ0v) is 9.62. The van der Waals surface area contributed by atoms with Gasteiger partial charge in [0.2, 0.25) is 0 Å². The van der Waals surface area contributed by atoms with Crippen molar-refractivity contribution in [3.63, 3.8) is 0 Å². The number of hydrogen-bond donors (Lipinski definition) is 0. The summed E-state index contributed by atoms with van der Waals surface area (Å²) in [5.41, 5.74) is -0.00134. The predicted octanol–water partition coefficient (Wildman–Crippen LogP) is 1.84. The smallest absolute Gasteiger partial charge is 0.349 e. The van der Waals surface area contributed by atoms with Crippen LogP contribution in [0.5, 0.6) is 0 Å². The third-order valence-corrected chi connectivity index (χ3v) is 2.51. The minimum Gasteiger partial charge on any atom is -0.459 e. The van der Waals surface area contributed by atoms with Gasteiger partial charge in [-0.2, -0.15) is 5.26 Å². The van der Waals surface area contributed by atoms with Gasteiger partial charge >= 0.3 is 5.97 Å². The van der Waals surface area contributed by atoms with Crippen LogP contribution in [0.3, 0.4) is 0 Å². The zero-order chi connectivity index (χ0) is 11.8. The lowest BCUT2D eigenvalue weighted by Gasteiger charge is -2.01. The second kappa shape index (κ2) is 6.77. The van der Waals surface area contributed by atoms with E-state index in [-0.39, 0.29) is 12.2 Å². The molecule has 16 heavy (non-hydrogen) atoms. The van der Waals surface area contributed by atoms with Crippen molar-refractivity contribution in [2.24, 2.45) is 0 Å². The van der Waals surface area contributed by atoms with Crippen molar-refractivity contribution in [1.82, 2.24) is 0 Å². The number of thiophene rings is 1. The van der Waals surface area contributed by atoms with Crippen LogP contribution in [0, 0.1) is 11.3 Å². The molecule has 0 unspecified atom stereocenters. The van der Waals surface area contributed by atoms with Crippen molar-refractivity contribution in [1.29, 1.82) is 5.26 Å². The number of nitriles is 1. The van der Waals surface area contributed by atoms with Gasteiger partial charge in [-0.1, -0.05) is 6.07 Å². The number of ether oxygens (including phenoxy) is 2. The average molecular weight is 237 g/mol. The maximum absolute atomic E-state index is 11.4. The molecule has 0 saturated carbocycles. The Balaban J connectivity index is 2.61. The van der Waals surface area contributed by atoms with Gasteiger partial charge in [0.15, 0.2) is 0 Å². The molecule has 0 aromatic carbocycles. The van der Waals surface area contributed by atoms with E-state index in [1.165, 1.54) is 24.5 Å². The van der Waals surface area contributed by atoms with Crippen LogP contribution in [0.2, 0.25) is 0 Å². The molecule has 1 aromatic rings. The lowest BCUT2D eigenvalue weighted by Crippen LogP contribution is -2.10. The minimum absolute atomic E-state index is 0.00134. The Morgan fingerprint density at radius 1 is 1.62 bits per heavy atom. The first kappa shape index (κ1) is 12.4. The van der Waals surface area contributed by atoms with E-state index >= 15 is 0 Å². The fraction of sp³-hybridized carbons (Fsp3) is 0.273. The Hall–Kier alpha value is -1.64. The fourth-order valence-corrected chi connectivity index (χ4v) is 1.61. The van der Waals surface area contributed by atoms with Gasteiger partial charge in [-0.15, -0.1) is 11.3 Å². The lowest BCUT2D eigenvalue weighted by molar-refractivity contribution is -0.139. The Bertz CT molecular complexity index is 403. The molecule has 0 aliphatic carbocycles. The molecule has 0 fully saturated rings. The highest BCUT2D eigenvalue weighted by Gasteiger charge is 2.10. The van der Waals surface area contributed by atoms with Crippen LogP contribution in [0.4, 0.5) is 0 Å². The molecule has 0 aliphatic heterocycles. The van der Waals surface area contributed by atoms with Gasteiger partial charge in [0.05, 0.1) is 6.61 Å². The molecule has 0 bridgehead atoms. The summed E-state index contributed by atoms with van der Waals surface area (Å²) in [5.74, 6) is -0.618. The second-order valence-electron chi connectivity index (χ2n) is 2.81. The standard InChI is InChI=1S/C11H11NO3S/c1-14-4-5-15-11(13)9(8-12)7-10-3-2-6-16-10/h2-3,6-7H,4-5H2,1H3/b9-7-. The highest BCUT2D eigenvalue weighted by Crippen LogP contribution is 2.13. The molecule has 0 aliphatic rings. The number of carbonyl (C=O) groups is 1. The summed E-state index contributed by atoms with van der Waals surface area (Å²) in [5, 5.41) is 10.7. The maximum Gasteiger partial charge on any atom is 0.349 e. The molecule has 1 heterocycles. The molecule has 84 valence electrons. The minimum atomic E-state index is -0.618. The first-order chi connectivity index (χ1) is 7.77. The Labute approximate surface area is 97.7 Å². The van der Waals surface area contributed by atoms with Crippen LogP contribution in [0.1, 0.15) is 4.88 Å². The van der Waals surface area contributed by atoms with Crippen LogP contribution in [-0.4, -0.2) is 26.3 Å². The van der Waals surface area contributed by atoms with Gasteiger partial charge in [-0.3, -0.25) is 0 Å². The van der Waals surface area contributed by atoms with Crippen LogP contribution in [-0.2, 0) is 14.3 Å². The topological polar surface area (TPSA) is 59.3 Å². The molecule has 1 rings (SSSR count). The number of nitrogens with zero attached hydrogens (tertiary/aromatic N) is 1. The summed E-state index contributed by atoms with van der Waals surface area (Å²) < 4.78 is 9.57. The third kappa shape index (κ3) is 3.85. The SMILES string of the molecule is COCCOC(=O)/C(C#N)=C\c1cccs1. The van der Waals surface area contributed by atoms with Gasteiger partial charge in [0.25, 0.3) is 0 Å². The van der Waals surface area contributed by atoms with Crippen LogP contribution in [0.15, 0.2) is 23.1 Å². The summed E-state index contributed by atoms with van der Waals surface area (Å²) in [4.78, 5) is 12.3. The van der Waals surface area contributed by atoms with Crippen LogP contribution in [0.25, 0.3) is 6.08 Å². The van der Waals surface area contributed by atoms with Crippen molar-refractivity contribution in [3.8, 4) is 6.07 Å². The summed E-state index contributed by atoms with van der Waals surface area (Å²) in [6.45, 7) is 0.474. The van der Waals surface area contributed by atoms with Gasteiger partial charge in [0, 0.05) is 12.0 Å². The van der Waals surface area contributed by atoms with Gasteiger partial charge in [-0.25, -0.2) is 4.79 Å². The van der Waals surface area contributed by atoms with E-state index in [4.69, 9.17) is 14.7 Å². The molecule has 0 radical (unpaired) electrons. The molecule has 0 atom stereocenters. The lowest BCUT2D eigenvalue weighted by atomic mass is 10.2. The zero-order valence-electron chi connectivity index (χ0n) is 8.80. The van der Waals surface area contributed by atoms with Crippen molar-refractivity contribution in [3.05, 3.63) is 28.0 Å². The first-order valence-electron chi connectivity index (χ1n) is 4.59. The molecule has 1 aromatic heterocycles. The molecule has 0 spiro atoms. The number of esters is 1. The summed E-state index contributed by atoms with van der Waals surface area (Å²) in [6, 6.07) is 5.49. The van der Waals surface area contributed by atoms with E-state index in [9.17, 15) is 4.79 Å². The summed E-state index contributed by atoms with van der Waals surface area (Å²) >= 11 is 1.45. The highest BCUT2D eigenvalue weighted by atomic mass is 32.1. The van der Waals surface area contributed by atoms with E-state index in [0.29, 0.717) is 6.61 Å². The van der Waals surface area contributed by atoms with Gasteiger partial charge in [0.1, 0.15) is 18.2 Å². The number of hydrogen-bond acceptors (Lipinski definition) is 5. The molecule has 0 amide bonds. The van der Waals surface area contributed by atoms with E-state index in [2.05, 4.69) is 0 Å². The van der Waals surface area contributed by atoms with Crippen molar-refractivity contribution in [2.45, 2.75) is 0 Å². The maximum atomic E-state index is 11.4. The normalized spacial score (nSPS) is 10.9. The number of rotatable bonds is 5. The van der Waals surface area contributed by atoms with Crippen molar-refractivity contribution in [2.75, 3.05) is 20.3 Å². The first-order valence-corrected chi connectivity index (χ1v) is 5.47. The largest absolute Gasteiger partial charge is 0.459 e. The van der Waals surface area contributed by atoms with E-state index in [1.807, 2.05) is 23.6 Å². The molecule has 0 N–H and O–H groups in total. The molecule has 0 saturated heterocycles. The second-order valence-corrected chi connectivity index (χ2v) is 3.79.